The van der Waals surface area contributed by atoms with E-state index in [2.05, 4.69) is 10.3 Å². The van der Waals surface area contributed by atoms with Gasteiger partial charge < -0.3 is 19.5 Å². The normalized spacial score (nSPS) is 10.8. The van der Waals surface area contributed by atoms with Crippen LogP contribution in [0.3, 0.4) is 0 Å². The van der Waals surface area contributed by atoms with Crippen molar-refractivity contribution in [3.05, 3.63) is 51.8 Å². The molecule has 0 aliphatic rings. The van der Waals surface area contributed by atoms with Crippen molar-refractivity contribution in [2.75, 3.05) is 20.8 Å². The van der Waals surface area contributed by atoms with Crippen LogP contribution in [-0.4, -0.2) is 31.7 Å². The molecule has 2 rings (SSSR count). The highest BCUT2D eigenvalue weighted by Crippen LogP contribution is 2.36. The summed E-state index contributed by atoms with van der Waals surface area (Å²) in [6.07, 6.45) is 4.83. The quantitative estimate of drug-likeness (QED) is 0.671. The highest BCUT2D eigenvalue weighted by Gasteiger charge is 2.12. The number of nitrogens with one attached hydrogen (secondary N) is 1. The lowest BCUT2D eigenvalue weighted by molar-refractivity contribution is -0.116. The number of rotatable bonds is 8. The zero-order chi connectivity index (χ0) is 20.7. The molecule has 28 heavy (non-hydrogen) atoms. The van der Waals surface area contributed by atoms with Crippen molar-refractivity contribution in [1.29, 1.82) is 0 Å². The number of benzene rings is 1. The van der Waals surface area contributed by atoms with Crippen LogP contribution in [0.4, 0.5) is 0 Å². The van der Waals surface area contributed by atoms with Gasteiger partial charge in [0.1, 0.15) is 5.75 Å². The second kappa shape index (κ2) is 9.99. The van der Waals surface area contributed by atoms with Crippen LogP contribution in [0.5, 0.6) is 17.2 Å². The van der Waals surface area contributed by atoms with Crippen molar-refractivity contribution in [1.82, 2.24) is 10.3 Å². The van der Waals surface area contributed by atoms with Crippen molar-refractivity contribution >= 4 is 23.6 Å². The fourth-order valence-electron chi connectivity index (χ4n) is 2.77. The molecule has 150 valence electrons. The topological polar surface area (TPSA) is 69.7 Å². The summed E-state index contributed by atoms with van der Waals surface area (Å²) in [5.74, 6) is 1.54. The van der Waals surface area contributed by atoms with E-state index in [1.807, 2.05) is 20.8 Å². The minimum Gasteiger partial charge on any atom is -0.496 e. The van der Waals surface area contributed by atoms with Crippen LogP contribution in [0.1, 0.15) is 29.3 Å². The highest BCUT2D eigenvalue weighted by atomic mass is 35.5. The Balaban J connectivity index is 2.07. The van der Waals surface area contributed by atoms with Crippen LogP contribution in [0, 0.1) is 13.8 Å². The van der Waals surface area contributed by atoms with Crippen LogP contribution in [0.2, 0.25) is 5.02 Å². The van der Waals surface area contributed by atoms with E-state index in [-0.39, 0.29) is 5.91 Å². The number of amides is 1. The Morgan fingerprint density at radius 2 is 1.96 bits per heavy atom. The molecule has 0 saturated heterocycles. The molecule has 1 amide bonds. The number of carbonyl (C=O) groups is 1. The Morgan fingerprint density at radius 3 is 2.61 bits per heavy atom. The maximum absolute atomic E-state index is 12.2. The number of methoxy groups -OCH3 is 2. The predicted molar refractivity (Wildman–Crippen MR) is 110 cm³/mol. The lowest BCUT2D eigenvalue weighted by atomic mass is 10.1. The molecule has 0 radical (unpaired) electrons. The lowest BCUT2D eigenvalue weighted by Gasteiger charge is -2.12. The minimum atomic E-state index is -0.246. The molecule has 0 fully saturated rings. The molecule has 0 aliphatic heterocycles. The third-order valence-electron chi connectivity index (χ3n) is 4.15. The van der Waals surface area contributed by atoms with Gasteiger partial charge in [0, 0.05) is 23.4 Å². The standard InChI is InChI=1S/C21H25ClN2O4/c1-6-28-21-16(22)9-15(10-18(21)26-4)7-8-19(25)24-12-17-14(3)20(27-5)13(2)11-23-17/h7-11H,6,12H2,1-5H3,(H,24,25)/b8-7+. The average Bonchev–Trinajstić information content (AvgIpc) is 2.67. The number of carbonyl (C=O) groups excluding carboxylic acids is 1. The summed E-state index contributed by atoms with van der Waals surface area (Å²) in [7, 11) is 3.16. The Morgan fingerprint density at radius 1 is 1.21 bits per heavy atom. The van der Waals surface area contributed by atoms with E-state index < -0.39 is 0 Å². The largest absolute Gasteiger partial charge is 0.496 e. The number of hydrogen-bond donors (Lipinski definition) is 1. The van der Waals surface area contributed by atoms with Gasteiger partial charge in [-0.25, -0.2) is 0 Å². The van der Waals surface area contributed by atoms with E-state index in [0.717, 1.165) is 28.1 Å². The zero-order valence-electron chi connectivity index (χ0n) is 16.8. The summed E-state index contributed by atoms with van der Waals surface area (Å²) in [5, 5.41) is 3.25. The molecule has 2 aromatic rings. The van der Waals surface area contributed by atoms with Gasteiger partial charge in [-0.15, -0.1) is 0 Å². The molecule has 0 unspecified atom stereocenters. The molecule has 0 bridgehead atoms. The van der Waals surface area contributed by atoms with E-state index in [4.69, 9.17) is 25.8 Å². The first-order chi connectivity index (χ1) is 13.4. The van der Waals surface area contributed by atoms with Crippen LogP contribution in [0.25, 0.3) is 6.08 Å². The number of pyridine rings is 1. The maximum Gasteiger partial charge on any atom is 0.244 e. The van der Waals surface area contributed by atoms with Gasteiger partial charge in [-0.3, -0.25) is 9.78 Å². The van der Waals surface area contributed by atoms with Crippen LogP contribution >= 0.6 is 11.6 Å². The third-order valence-corrected chi connectivity index (χ3v) is 4.43. The Hall–Kier alpha value is -2.73. The summed E-state index contributed by atoms with van der Waals surface area (Å²) in [6, 6.07) is 3.48. The summed E-state index contributed by atoms with van der Waals surface area (Å²) >= 11 is 6.25. The zero-order valence-corrected chi connectivity index (χ0v) is 17.5. The SMILES string of the molecule is CCOc1c(Cl)cc(/C=C/C(=O)NCc2ncc(C)c(OC)c2C)cc1OC. The second-order valence-corrected chi connectivity index (χ2v) is 6.47. The molecular formula is C21H25ClN2O4. The van der Waals surface area contributed by atoms with Crippen LogP contribution in [0.15, 0.2) is 24.4 Å². The van der Waals surface area contributed by atoms with Gasteiger partial charge in [0.2, 0.25) is 5.91 Å². The second-order valence-electron chi connectivity index (χ2n) is 6.06. The Labute approximate surface area is 170 Å². The minimum absolute atomic E-state index is 0.246. The van der Waals surface area contributed by atoms with Crippen molar-refractivity contribution < 1.29 is 19.0 Å². The summed E-state index contributed by atoms with van der Waals surface area (Å²) < 4.78 is 16.2. The molecule has 1 aromatic carbocycles. The van der Waals surface area contributed by atoms with Crippen molar-refractivity contribution in [3.63, 3.8) is 0 Å². The molecule has 0 spiro atoms. The molecule has 0 atom stereocenters. The molecular weight excluding hydrogens is 380 g/mol. The number of hydrogen-bond acceptors (Lipinski definition) is 5. The first-order valence-electron chi connectivity index (χ1n) is 8.86. The molecule has 1 N–H and O–H groups in total. The van der Waals surface area contributed by atoms with Gasteiger partial charge in [0.15, 0.2) is 11.5 Å². The van der Waals surface area contributed by atoms with Gasteiger partial charge in [-0.1, -0.05) is 11.6 Å². The van der Waals surface area contributed by atoms with Crippen molar-refractivity contribution in [2.45, 2.75) is 27.3 Å². The molecule has 0 aliphatic carbocycles. The van der Waals surface area contributed by atoms with Gasteiger partial charge in [0.05, 0.1) is 38.1 Å². The predicted octanol–water partition coefficient (Wildman–Crippen LogP) is 4.10. The number of halogens is 1. The molecule has 1 heterocycles. The third kappa shape index (κ3) is 5.16. The molecule has 6 nitrogen and oxygen atoms in total. The summed E-state index contributed by atoms with van der Waals surface area (Å²) in [6.45, 7) is 6.50. The Kier molecular flexibility index (Phi) is 7.70. The number of ether oxygens (including phenoxy) is 3. The van der Waals surface area contributed by atoms with Crippen molar-refractivity contribution in [2.24, 2.45) is 0 Å². The first-order valence-corrected chi connectivity index (χ1v) is 9.24. The monoisotopic (exact) mass is 404 g/mol. The maximum atomic E-state index is 12.2. The van der Waals surface area contributed by atoms with E-state index in [9.17, 15) is 4.79 Å². The fraction of sp³-hybridized carbons (Fsp3) is 0.333. The first kappa shape index (κ1) is 21.6. The van der Waals surface area contributed by atoms with Crippen LogP contribution in [-0.2, 0) is 11.3 Å². The molecule has 1 aromatic heterocycles. The summed E-state index contributed by atoms with van der Waals surface area (Å²) in [4.78, 5) is 16.6. The number of nitrogens with zero attached hydrogens (tertiary/aromatic N) is 1. The molecule has 0 saturated carbocycles. The lowest BCUT2D eigenvalue weighted by Crippen LogP contribution is -2.21. The fourth-order valence-corrected chi connectivity index (χ4v) is 3.05. The van der Waals surface area contributed by atoms with E-state index in [1.165, 1.54) is 6.08 Å². The van der Waals surface area contributed by atoms with E-state index in [0.29, 0.717) is 29.7 Å². The van der Waals surface area contributed by atoms with E-state index >= 15 is 0 Å². The van der Waals surface area contributed by atoms with Crippen molar-refractivity contribution in [3.8, 4) is 17.2 Å². The summed E-state index contributed by atoms with van der Waals surface area (Å²) in [5.41, 5.74) is 3.35. The number of aromatic nitrogens is 1. The number of aryl methyl sites for hydroxylation is 1. The Bertz CT molecular complexity index is 881. The molecule has 7 heteroatoms. The van der Waals surface area contributed by atoms with E-state index in [1.54, 1.807) is 38.6 Å². The van der Waals surface area contributed by atoms with Crippen LogP contribution < -0.4 is 19.5 Å². The smallest absolute Gasteiger partial charge is 0.244 e. The highest BCUT2D eigenvalue weighted by molar-refractivity contribution is 6.32. The van der Waals surface area contributed by atoms with Gasteiger partial charge in [-0.2, -0.15) is 0 Å². The van der Waals surface area contributed by atoms with Gasteiger partial charge in [0.25, 0.3) is 0 Å². The average molecular weight is 405 g/mol. The van der Waals surface area contributed by atoms with Gasteiger partial charge >= 0.3 is 0 Å². The van der Waals surface area contributed by atoms with Gasteiger partial charge in [-0.05, 0) is 44.5 Å².